The Morgan fingerprint density at radius 1 is 1.18 bits per heavy atom. The Hall–Kier alpha value is -2.51. The molecular weight excluding hydrogens is 563 g/mol. The highest BCUT2D eigenvalue weighted by atomic mass is 35.5. The zero-order chi connectivity index (χ0) is 27.5. The summed E-state index contributed by atoms with van der Waals surface area (Å²) in [6.07, 6.45) is -1.17. The predicted molar refractivity (Wildman–Crippen MR) is 139 cm³/mol. The zero-order valence-corrected chi connectivity index (χ0v) is 22.8. The van der Waals surface area contributed by atoms with Crippen LogP contribution in [0.15, 0.2) is 42.6 Å². The first-order valence-electron chi connectivity index (χ1n) is 11.6. The van der Waals surface area contributed by atoms with E-state index in [1.165, 1.54) is 36.5 Å². The lowest BCUT2D eigenvalue weighted by atomic mass is 9.94. The molecule has 202 valence electrons. The second-order valence-corrected chi connectivity index (χ2v) is 13.5. The van der Waals surface area contributed by atoms with Crippen LogP contribution in [0.25, 0.3) is 0 Å². The van der Waals surface area contributed by atoms with Gasteiger partial charge >= 0.3 is 6.29 Å². The summed E-state index contributed by atoms with van der Waals surface area (Å²) in [6.45, 7) is 5.43. The molecule has 1 aliphatic carbocycles. The molecule has 0 bridgehead atoms. The predicted octanol–water partition coefficient (Wildman–Crippen LogP) is 6.07. The molecule has 2 heterocycles. The second kappa shape index (κ2) is 9.60. The summed E-state index contributed by atoms with van der Waals surface area (Å²) in [5, 5.41) is 3.25. The number of carbonyl (C=O) groups is 1. The number of rotatable bonds is 7. The van der Waals surface area contributed by atoms with Gasteiger partial charge in [-0.1, -0.05) is 35.1 Å². The maximum atomic E-state index is 13.7. The Bertz CT molecular complexity index is 1390. The van der Waals surface area contributed by atoms with Crippen LogP contribution in [-0.4, -0.2) is 26.5 Å². The number of anilines is 1. The SMILES string of the molecule is CC(C)(C)[S+]([O-])N[C@H](c1cnc(NC(=O)C2(c3ccc4c(c3)OC(F)(F)O4)CC2)s1)c1ccc(F)cc1Cl. The Kier molecular flexibility index (Phi) is 6.84. The van der Waals surface area contributed by atoms with Crippen molar-refractivity contribution >= 4 is 45.3 Å². The lowest BCUT2D eigenvalue weighted by molar-refractivity contribution is -0.286. The van der Waals surface area contributed by atoms with Crippen molar-refractivity contribution in [2.24, 2.45) is 0 Å². The summed E-state index contributed by atoms with van der Waals surface area (Å²) >= 11 is 5.97. The first kappa shape index (κ1) is 27.1. The minimum Gasteiger partial charge on any atom is -0.598 e. The van der Waals surface area contributed by atoms with Gasteiger partial charge in [0.1, 0.15) is 16.6 Å². The molecule has 7 nitrogen and oxygen atoms in total. The number of alkyl halides is 2. The molecule has 2 aliphatic rings. The summed E-state index contributed by atoms with van der Waals surface area (Å²) < 4.78 is 64.9. The lowest BCUT2D eigenvalue weighted by Gasteiger charge is -2.28. The summed E-state index contributed by atoms with van der Waals surface area (Å²) in [7, 11) is 0. The number of hydrogen-bond donors (Lipinski definition) is 2. The fourth-order valence-corrected chi connectivity index (χ4v) is 6.06. The van der Waals surface area contributed by atoms with Gasteiger partial charge in [0, 0.05) is 22.6 Å². The summed E-state index contributed by atoms with van der Waals surface area (Å²) in [5.74, 6) is -1.06. The largest absolute Gasteiger partial charge is 0.598 e. The molecule has 1 fully saturated rings. The molecule has 2 aromatic carbocycles. The molecule has 0 radical (unpaired) electrons. The number of ether oxygens (including phenoxy) is 2. The van der Waals surface area contributed by atoms with Gasteiger partial charge in [0.25, 0.3) is 0 Å². The number of nitrogens with zero attached hydrogens (tertiary/aromatic N) is 1. The Balaban J connectivity index is 1.38. The fraction of sp³-hybridized carbons (Fsp3) is 0.360. The van der Waals surface area contributed by atoms with E-state index in [-0.39, 0.29) is 27.6 Å². The maximum Gasteiger partial charge on any atom is 0.586 e. The average molecular weight is 586 g/mol. The van der Waals surface area contributed by atoms with E-state index in [1.807, 2.05) is 20.8 Å². The van der Waals surface area contributed by atoms with E-state index < -0.39 is 39.7 Å². The van der Waals surface area contributed by atoms with Gasteiger partial charge in [0.2, 0.25) is 5.91 Å². The Morgan fingerprint density at radius 3 is 2.55 bits per heavy atom. The molecule has 1 saturated carbocycles. The van der Waals surface area contributed by atoms with Gasteiger partial charge in [0.05, 0.1) is 10.3 Å². The van der Waals surface area contributed by atoms with E-state index in [0.717, 1.165) is 11.3 Å². The van der Waals surface area contributed by atoms with Crippen molar-refractivity contribution in [3.8, 4) is 11.5 Å². The van der Waals surface area contributed by atoms with Crippen LogP contribution >= 0.6 is 22.9 Å². The number of hydrogen-bond acceptors (Lipinski definition) is 7. The quantitative estimate of drug-likeness (QED) is 0.327. The minimum atomic E-state index is -3.74. The second-order valence-electron chi connectivity index (χ2n) is 10.0. The summed E-state index contributed by atoms with van der Waals surface area (Å²) in [6, 6.07) is 7.59. The van der Waals surface area contributed by atoms with Gasteiger partial charge in [0.15, 0.2) is 16.6 Å². The van der Waals surface area contributed by atoms with Crippen LogP contribution in [-0.2, 0) is 21.6 Å². The third-order valence-corrected chi connectivity index (χ3v) is 9.09. The highest BCUT2D eigenvalue weighted by Gasteiger charge is 2.53. The Morgan fingerprint density at radius 2 is 1.89 bits per heavy atom. The number of amides is 1. The fourth-order valence-electron chi connectivity index (χ4n) is 4.01. The van der Waals surface area contributed by atoms with Crippen LogP contribution < -0.4 is 19.5 Å². The van der Waals surface area contributed by atoms with Crippen LogP contribution in [0, 0.1) is 5.82 Å². The van der Waals surface area contributed by atoms with Gasteiger partial charge in [-0.25, -0.2) is 9.37 Å². The molecule has 1 aliphatic heterocycles. The molecule has 13 heteroatoms. The van der Waals surface area contributed by atoms with Gasteiger partial charge < -0.3 is 19.3 Å². The number of halogens is 4. The molecule has 1 unspecified atom stereocenters. The van der Waals surface area contributed by atoms with Crippen LogP contribution in [0.3, 0.4) is 0 Å². The summed E-state index contributed by atoms with van der Waals surface area (Å²) in [4.78, 5) is 18.2. The van der Waals surface area contributed by atoms with E-state index in [2.05, 4.69) is 24.5 Å². The first-order chi connectivity index (χ1) is 17.8. The highest BCUT2D eigenvalue weighted by Crippen LogP contribution is 2.52. The maximum absolute atomic E-state index is 13.7. The first-order valence-corrected chi connectivity index (χ1v) is 13.9. The topological polar surface area (TPSA) is 95.5 Å². The standard InChI is InChI=1S/C25H23ClF3N3O4S2/c1-23(2,3)38(34)32-20(15-6-5-14(27)11-16(15)26)19-12-30-22(37-19)31-21(33)24(8-9-24)13-4-7-17-18(10-13)36-25(28,29)35-17/h4-7,10-12,20,32H,8-9H2,1-3H3,(H,30,31,33)/t20-,38?/m0/s1. The summed E-state index contributed by atoms with van der Waals surface area (Å²) in [5.41, 5.74) is 0.126. The van der Waals surface area contributed by atoms with Crippen LogP contribution in [0.1, 0.15) is 55.7 Å². The van der Waals surface area contributed by atoms with E-state index in [1.54, 1.807) is 6.07 Å². The van der Waals surface area contributed by atoms with Crippen LogP contribution in [0.4, 0.5) is 18.3 Å². The van der Waals surface area contributed by atoms with Crippen molar-refractivity contribution in [3.05, 3.63) is 69.4 Å². The lowest BCUT2D eigenvalue weighted by Crippen LogP contribution is -2.41. The molecule has 1 aromatic heterocycles. The van der Waals surface area contributed by atoms with E-state index in [9.17, 15) is 22.5 Å². The number of thiazole rings is 1. The van der Waals surface area contributed by atoms with Crippen LogP contribution in [0.2, 0.25) is 5.02 Å². The van der Waals surface area contributed by atoms with E-state index >= 15 is 0 Å². The molecular formula is C25H23ClF3N3O4S2. The van der Waals surface area contributed by atoms with Crippen molar-refractivity contribution in [3.63, 3.8) is 0 Å². The van der Waals surface area contributed by atoms with Crippen LogP contribution in [0.5, 0.6) is 11.5 Å². The molecule has 0 spiro atoms. The number of benzene rings is 2. The third kappa shape index (κ3) is 5.32. The van der Waals surface area contributed by atoms with Crippen molar-refractivity contribution in [2.45, 2.75) is 56.1 Å². The van der Waals surface area contributed by atoms with Crippen molar-refractivity contribution < 1.29 is 32.0 Å². The number of aromatic nitrogens is 1. The number of nitrogens with one attached hydrogen (secondary N) is 2. The molecule has 3 aromatic rings. The monoisotopic (exact) mass is 585 g/mol. The minimum absolute atomic E-state index is 0.0924. The molecule has 1 amide bonds. The van der Waals surface area contributed by atoms with Gasteiger partial charge in [-0.2, -0.15) is 0 Å². The Labute approximate surface area is 229 Å². The normalized spacial score (nSPS) is 18.6. The molecule has 0 saturated heterocycles. The van der Waals surface area contributed by atoms with Crippen molar-refractivity contribution in [2.75, 3.05) is 5.32 Å². The van der Waals surface area contributed by atoms with Gasteiger partial charge in [-0.05, 0) is 69.0 Å². The van der Waals surface area contributed by atoms with Gasteiger partial charge in [-0.3, -0.25) is 4.79 Å². The molecule has 38 heavy (non-hydrogen) atoms. The molecule has 2 atom stereocenters. The highest BCUT2D eigenvalue weighted by molar-refractivity contribution is 7.90. The smallest absolute Gasteiger partial charge is 0.586 e. The van der Waals surface area contributed by atoms with E-state index in [0.29, 0.717) is 28.8 Å². The van der Waals surface area contributed by atoms with E-state index in [4.69, 9.17) is 11.6 Å². The number of carbonyl (C=O) groups excluding carboxylic acids is 1. The van der Waals surface area contributed by atoms with Crippen molar-refractivity contribution in [1.82, 2.24) is 9.71 Å². The molecule has 2 N–H and O–H groups in total. The third-order valence-electron chi connectivity index (χ3n) is 6.22. The average Bonchev–Trinajstić information content (AvgIpc) is 3.40. The number of fused-ring (bicyclic) bond motifs is 1. The van der Waals surface area contributed by atoms with Gasteiger partial charge in [-0.15, -0.1) is 13.5 Å². The molecule has 5 rings (SSSR count). The van der Waals surface area contributed by atoms with Crippen molar-refractivity contribution in [1.29, 1.82) is 0 Å². The zero-order valence-electron chi connectivity index (χ0n) is 20.4.